The summed E-state index contributed by atoms with van der Waals surface area (Å²) >= 11 is 0. The lowest BCUT2D eigenvalue weighted by molar-refractivity contribution is 0.00487. The molecule has 0 amide bonds. The van der Waals surface area contributed by atoms with Crippen molar-refractivity contribution >= 4 is 9.84 Å². The molecule has 0 radical (unpaired) electrons. The van der Waals surface area contributed by atoms with Gasteiger partial charge in [-0.2, -0.15) is 0 Å². The molecule has 122 valence electrons. The molecule has 5 heteroatoms. The molecule has 0 spiro atoms. The van der Waals surface area contributed by atoms with Crippen LogP contribution in [0.5, 0.6) is 5.75 Å². The van der Waals surface area contributed by atoms with Crippen molar-refractivity contribution in [1.29, 1.82) is 0 Å². The van der Waals surface area contributed by atoms with Gasteiger partial charge in [0.25, 0.3) is 0 Å². The molecule has 2 heterocycles. The highest BCUT2D eigenvalue weighted by Crippen LogP contribution is 2.46. The van der Waals surface area contributed by atoms with E-state index in [1.165, 1.54) is 0 Å². The highest BCUT2D eigenvalue weighted by molar-refractivity contribution is 7.92. The third-order valence-corrected chi connectivity index (χ3v) is 7.98. The first-order valence-corrected chi connectivity index (χ1v) is 9.49. The van der Waals surface area contributed by atoms with E-state index in [2.05, 4.69) is 0 Å². The minimum absolute atomic E-state index is 0.317. The summed E-state index contributed by atoms with van der Waals surface area (Å²) in [5.41, 5.74) is 1.74. The molecule has 2 aliphatic rings. The largest absolute Gasteiger partial charge is 0.496 e. The Morgan fingerprint density at radius 2 is 1.64 bits per heavy atom. The van der Waals surface area contributed by atoms with Crippen molar-refractivity contribution in [1.82, 2.24) is 0 Å². The second kappa shape index (κ2) is 5.24. The number of sulfone groups is 1. The van der Waals surface area contributed by atoms with Crippen molar-refractivity contribution in [3.05, 3.63) is 28.8 Å². The lowest BCUT2D eigenvalue weighted by Crippen LogP contribution is -2.50. The molecule has 1 N–H and O–H groups in total. The SMILES string of the molecule is COc1c(C)cc(C2(O)CC3CCCC(C2)S3(=O)=O)cc1C. The van der Waals surface area contributed by atoms with Gasteiger partial charge in [-0.3, -0.25) is 0 Å². The third kappa shape index (κ3) is 2.35. The zero-order chi connectivity index (χ0) is 16.1. The Labute approximate surface area is 132 Å². The maximum absolute atomic E-state index is 12.4. The van der Waals surface area contributed by atoms with E-state index in [9.17, 15) is 13.5 Å². The predicted molar refractivity (Wildman–Crippen MR) is 85.9 cm³/mol. The topological polar surface area (TPSA) is 63.6 Å². The van der Waals surface area contributed by atoms with Crippen molar-refractivity contribution in [3.63, 3.8) is 0 Å². The maximum Gasteiger partial charge on any atom is 0.156 e. The predicted octanol–water partition coefficient (Wildman–Crippen LogP) is 2.63. The number of aryl methyl sites for hydroxylation is 2. The summed E-state index contributed by atoms with van der Waals surface area (Å²) < 4.78 is 30.2. The summed E-state index contributed by atoms with van der Waals surface area (Å²) in [5, 5.41) is 10.4. The fourth-order valence-corrected chi connectivity index (χ4v) is 6.77. The van der Waals surface area contributed by atoms with Crippen LogP contribution >= 0.6 is 0 Å². The Balaban J connectivity index is 2.02. The Kier molecular flexibility index (Phi) is 3.76. The lowest BCUT2D eigenvalue weighted by Gasteiger charge is -2.44. The van der Waals surface area contributed by atoms with Crippen LogP contribution in [-0.2, 0) is 15.4 Å². The molecular weight excluding hydrogens is 300 g/mol. The second-order valence-corrected chi connectivity index (χ2v) is 9.36. The zero-order valence-electron chi connectivity index (χ0n) is 13.4. The molecule has 0 saturated carbocycles. The number of ether oxygens (including phenoxy) is 1. The number of rotatable bonds is 2. The Bertz CT molecular complexity index is 650. The van der Waals surface area contributed by atoms with E-state index >= 15 is 0 Å². The minimum Gasteiger partial charge on any atom is -0.496 e. The van der Waals surface area contributed by atoms with Gasteiger partial charge in [-0.05, 0) is 68.4 Å². The molecule has 0 aromatic heterocycles. The molecule has 3 rings (SSSR count). The molecule has 2 bridgehead atoms. The van der Waals surface area contributed by atoms with Gasteiger partial charge in [0, 0.05) is 0 Å². The normalized spacial score (nSPS) is 33.5. The van der Waals surface area contributed by atoms with Crippen molar-refractivity contribution in [2.75, 3.05) is 7.11 Å². The van der Waals surface area contributed by atoms with Crippen LogP contribution in [0.1, 0.15) is 48.8 Å². The van der Waals surface area contributed by atoms with Crippen LogP contribution in [0.3, 0.4) is 0 Å². The Morgan fingerprint density at radius 1 is 1.14 bits per heavy atom. The van der Waals surface area contributed by atoms with Crippen molar-refractivity contribution in [2.45, 2.75) is 62.1 Å². The number of benzene rings is 1. The monoisotopic (exact) mass is 324 g/mol. The second-order valence-electron chi connectivity index (χ2n) is 6.85. The molecule has 4 nitrogen and oxygen atoms in total. The summed E-state index contributed by atoms with van der Waals surface area (Å²) in [5.74, 6) is 0.830. The van der Waals surface area contributed by atoms with Crippen LogP contribution in [-0.4, -0.2) is 31.1 Å². The van der Waals surface area contributed by atoms with E-state index in [0.29, 0.717) is 25.7 Å². The van der Waals surface area contributed by atoms with Crippen LogP contribution in [0.2, 0.25) is 0 Å². The number of aliphatic hydroxyl groups is 1. The van der Waals surface area contributed by atoms with Crippen LogP contribution in [0.25, 0.3) is 0 Å². The van der Waals surface area contributed by atoms with Gasteiger partial charge < -0.3 is 9.84 Å². The van der Waals surface area contributed by atoms with Crippen molar-refractivity contribution in [2.24, 2.45) is 0 Å². The average Bonchev–Trinajstić information content (AvgIpc) is 2.40. The Hall–Kier alpha value is -1.07. The molecule has 2 saturated heterocycles. The van der Waals surface area contributed by atoms with E-state index in [0.717, 1.165) is 28.9 Å². The van der Waals surface area contributed by atoms with Crippen molar-refractivity contribution in [3.8, 4) is 5.75 Å². The van der Waals surface area contributed by atoms with E-state index in [1.54, 1.807) is 7.11 Å². The number of hydrogen-bond acceptors (Lipinski definition) is 4. The van der Waals surface area contributed by atoms with E-state index < -0.39 is 25.9 Å². The molecule has 0 aliphatic carbocycles. The fourth-order valence-electron chi connectivity index (χ4n) is 4.22. The molecule has 2 fully saturated rings. The first kappa shape index (κ1) is 15.8. The number of fused-ring (bicyclic) bond motifs is 2. The summed E-state index contributed by atoms with van der Waals surface area (Å²) in [6, 6.07) is 3.89. The van der Waals surface area contributed by atoms with Gasteiger partial charge in [0.05, 0.1) is 23.2 Å². The van der Waals surface area contributed by atoms with E-state index in [-0.39, 0.29) is 0 Å². The average molecular weight is 324 g/mol. The minimum atomic E-state index is -3.06. The van der Waals surface area contributed by atoms with Gasteiger partial charge in [0.2, 0.25) is 0 Å². The molecule has 1 aromatic rings. The maximum atomic E-state index is 12.4. The lowest BCUT2D eigenvalue weighted by atomic mass is 9.79. The first-order chi connectivity index (χ1) is 10.3. The zero-order valence-corrected chi connectivity index (χ0v) is 14.2. The summed E-state index contributed by atoms with van der Waals surface area (Å²) in [6.07, 6.45) is 2.93. The molecule has 2 aliphatic heterocycles. The van der Waals surface area contributed by atoms with Gasteiger partial charge in [-0.25, -0.2) is 8.42 Å². The summed E-state index contributed by atoms with van der Waals surface area (Å²) in [4.78, 5) is 0. The number of methoxy groups -OCH3 is 1. The van der Waals surface area contributed by atoms with E-state index in [1.807, 2.05) is 26.0 Å². The van der Waals surface area contributed by atoms with Crippen LogP contribution in [0.15, 0.2) is 12.1 Å². The van der Waals surface area contributed by atoms with Crippen LogP contribution in [0, 0.1) is 13.8 Å². The van der Waals surface area contributed by atoms with Crippen molar-refractivity contribution < 1.29 is 18.3 Å². The van der Waals surface area contributed by atoms with Gasteiger partial charge in [-0.15, -0.1) is 0 Å². The van der Waals surface area contributed by atoms with E-state index in [4.69, 9.17) is 4.74 Å². The molecular formula is C17H24O4S. The van der Waals surface area contributed by atoms with Gasteiger partial charge in [0.15, 0.2) is 9.84 Å². The first-order valence-electron chi connectivity index (χ1n) is 7.89. The summed E-state index contributed by atoms with van der Waals surface area (Å²) in [6.45, 7) is 3.91. The van der Waals surface area contributed by atoms with Gasteiger partial charge in [0.1, 0.15) is 5.75 Å². The quantitative estimate of drug-likeness (QED) is 0.908. The molecule has 22 heavy (non-hydrogen) atoms. The fraction of sp³-hybridized carbons (Fsp3) is 0.647. The van der Waals surface area contributed by atoms with Gasteiger partial charge >= 0.3 is 0 Å². The standard InChI is InChI=1S/C17H24O4S/c1-11-7-13(8-12(2)16(11)21-3)17(18)9-14-5-4-6-15(10-17)22(14,19)20/h7-8,14-15,18H,4-6,9-10H2,1-3H3. The third-order valence-electron chi connectivity index (χ3n) is 5.31. The summed E-state index contributed by atoms with van der Waals surface area (Å²) in [7, 11) is -1.42. The highest BCUT2D eigenvalue weighted by Gasteiger charge is 2.51. The van der Waals surface area contributed by atoms with Crippen LogP contribution in [0.4, 0.5) is 0 Å². The van der Waals surface area contributed by atoms with Crippen LogP contribution < -0.4 is 4.74 Å². The molecule has 2 unspecified atom stereocenters. The smallest absolute Gasteiger partial charge is 0.156 e. The Morgan fingerprint density at radius 3 is 2.09 bits per heavy atom. The molecule has 2 atom stereocenters. The number of hydrogen-bond donors (Lipinski definition) is 1. The molecule has 1 aromatic carbocycles. The highest BCUT2D eigenvalue weighted by atomic mass is 32.2. The van der Waals surface area contributed by atoms with Gasteiger partial charge in [-0.1, -0.05) is 6.42 Å².